The van der Waals surface area contributed by atoms with Crippen LogP contribution in [0, 0.1) is 0 Å². The molecule has 2 N–H and O–H groups in total. The maximum Gasteiger partial charge on any atom is 0.224 e. The van der Waals surface area contributed by atoms with E-state index in [1.54, 1.807) is 6.20 Å². The Bertz CT molecular complexity index is 572. The van der Waals surface area contributed by atoms with Gasteiger partial charge in [0, 0.05) is 29.1 Å². The summed E-state index contributed by atoms with van der Waals surface area (Å²) in [5.74, 6) is -0.110. The number of rotatable bonds is 4. The van der Waals surface area contributed by atoms with Crippen LogP contribution in [0.3, 0.4) is 0 Å². The molecule has 94 valence electrons. The van der Waals surface area contributed by atoms with Crippen LogP contribution in [0.5, 0.6) is 0 Å². The number of carbonyl (C=O) groups is 1. The van der Waals surface area contributed by atoms with E-state index in [0.717, 1.165) is 15.4 Å². The highest BCUT2D eigenvalue weighted by Gasteiger charge is 2.06. The van der Waals surface area contributed by atoms with Gasteiger partial charge >= 0.3 is 0 Å². The maximum absolute atomic E-state index is 11.6. The van der Waals surface area contributed by atoms with Gasteiger partial charge in [0.25, 0.3) is 0 Å². The van der Waals surface area contributed by atoms with E-state index in [-0.39, 0.29) is 12.5 Å². The van der Waals surface area contributed by atoms with Crippen molar-refractivity contribution in [2.24, 2.45) is 0 Å². The minimum absolute atomic E-state index is 0.0220. The molecule has 2 aromatic rings. The Hall–Kier alpha value is -1.46. The molecular formula is C13H13BrN2O2. The predicted molar refractivity (Wildman–Crippen MR) is 74.4 cm³/mol. The first-order chi connectivity index (χ1) is 8.70. The molecule has 0 unspecified atom stereocenters. The number of aliphatic hydroxyl groups excluding tert-OH is 1. The zero-order chi connectivity index (χ0) is 13.0. The van der Waals surface area contributed by atoms with E-state index in [2.05, 4.69) is 26.2 Å². The fraction of sp³-hybridized carbons (Fsp3) is 0.231. The highest BCUT2D eigenvalue weighted by atomic mass is 79.9. The standard InChI is InChI=1S/C13H13BrN2O2/c14-10-7-9-3-1-4-11(13(9)15-8-10)16-12(18)5-2-6-17/h1,3-4,7-8,17H,2,5-6H2,(H,16,18). The molecule has 0 aliphatic rings. The molecule has 1 heterocycles. The van der Waals surface area contributed by atoms with Gasteiger partial charge in [-0.1, -0.05) is 12.1 Å². The van der Waals surface area contributed by atoms with Crippen molar-refractivity contribution >= 4 is 38.4 Å². The lowest BCUT2D eigenvalue weighted by Gasteiger charge is -2.07. The first-order valence-electron chi connectivity index (χ1n) is 5.65. The number of aromatic nitrogens is 1. The van der Waals surface area contributed by atoms with Crippen molar-refractivity contribution in [2.75, 3.05) is 11.9 Å². The zero-order valence-corrected chi connectivity index (χ0v) is 11.3. The largest absolute Gasteiger partial charge is 0.396 e. The maximum atomic E-state index is 11.6. The van der Waals surface area contributed by atoms with E-state index in [4.69, 9.17) is 5.11 Å². The molecule has 5 heteroatoms. The number of pyridine rings is 1. The number of nitrogens with one attached hydrogen (secondary N) is 1. The van der Waals surface area contributed by atoms with Crippen LogP contribution >= 0.6 is 15.9 Å². The summed E-state index contributed by atoms with van der Waals surface area (Å²) < 4.78 is 0.902. The number of amides is 1. The molecule has 0 atom stereocenters. The number of para-hydroxylation sites is 1. The summed E-state index contributed by atoms with van der Waals surface area (Å²) in [6.07, 6.45) is 2.48. The molecule has 1 aromatic heterocycles. The molecule has 0 radical (unpaired) electrons. The van der Waals surface area contributed by atoms with Gasteiger partial charge in [-0.2, -0.15) is 0 Å². The molecule has 0 aliphatic carbocycles. The van der Waals surface area contributed by atoms with E-state index in [9.17, 15) is 4.79 Å². The molecule has 0 bridgehead atoms. The lowest BCUT2D eigenvalue weighted by Crippen LogP contribution is -2.12. The minimum Gasteiger partial charge on any atom is -0.396 e. The lowest BCUT2D eigenvalue weighted by molar-refractivity contribution is -0.116. The number of hydrogen-bond donors (Lipinski definition) is 2. The Morgan fingerprint density at radius 2 is 2.28 bits per heavy atom. The molecule has 0 spiro atoms. The first kappa shape index (κ1) is 13.0. The Labute approximate surface area is 113 Å². The molecule has 0 fully saturated rings. The van der Waals surface area contributed by atoms with E-state index >= 15 is 0 Å². The number of carbonyl (C=O) groups excluding carboxylic acids is 1. The Morgan fingerprint density at radius 1 is 1.44 bits per heavy atom. The third-order valence-electron chi connectivity index (χ3n) is 2.51. The van der Waals surface area contributed by atoms with Crippen LogP contribution < -0.4 is 5.32 Å². The predicted octanol–water partition coefficient (Wildman–Crippen LogP) is 2.71. The number of fused-ring (bicyclic) bond motifs is 1. The molecular weight excluding hydrogens is 296 g/mol. The van der Waals surface area contributed by atoms with Gasteiger partial charge in [0.15, 0.2) is 0 Å². The number of aliphatic hydroxyl groups is 1. The molecule has 4 nitrogen and oxygen atoms in total. The molecule has 1 aromatic carbocycles. The number of benzene rings is 1. The van der Waals surface area contributed by atoms with E-state index < -0.39 is 0 Å². The molecule has 2 rings (SSSR count). The van der Waals surface area contributed by atoms with Gasteiger partial charge < -0.3 is 10.4 Å². The smallest absolute Gasteiger partial charge is 0.224 e. The van der Waals surface area contributed by atoms with Gasteiger partial charge in [-0.3, -0.25) is 9.78 Å². The second-order valence-corrected chi connectivity index (χ2v) is 4.82. The van der Waals surface area contributed by atoms with Crippen molar-refractivity contribution in [2.45, 2.75) is 12.8 Å². The summed E-state index contributed by atoms with van der Waals surface area (Å²) in [6, 6.07) is 7.58. The topological polar surface area (TPSA) is 62.2 Å². The first-order valence-corrected chi connectivity index (χ1v) is 6.45. The van der Waals surface area contributed by atoms with Gasteiger partial charge in [0.05, 0.1) is 11.2 Å². The van der Waals surface area contributed by atoms with Crippen LogP contribution in [0.15, 0.2) is 34.9 Å². The second-order valence-electron chi connectivity index (χ2n) is 3.91. The third kappa shape index (κ3) is 3.05. The van der Waals surface area contributed by atoms with Gasteiger partial charge in [0.2, 0.25) is 5.91 Å². The Balaban J connectivity index is 2.25. The summed E-state index contributed by atoms with van der Waals surface area (Å²) in [7, 11) is 0. The second kappa shape index (κ2) is 5.93. The van der Waals surface area contributed by atoms with Gasteiger partial charge in [-0.05, 0) is 34.5 Å². The highest BCUT2D eigenvalue weighted by Crippen LogP contribution is 2.23. The fourth-order valence-electron chi connectivity index (χ4n) is 1.69. The lowest BCUT2D eigenvalue weighted by atomic mass is 10.2. The van der Waals surface area contributed by atoms with Crippen molar-refractivity contribution in [3.8, 4) is 0 Å². The summed E-state index contributed by atoms with van der Waals surface area (Å²) >= 11 is 3.36. The molecule has 18 heavy (non-hydrogen) atoms. The molecule has 0 saturated carbocycles. The Kier molecular flexibility index (Phi) is 4.28. The number of halogens is 1. The van der Waals surface area contributed by atoms with Crippen molar-refractivity contribution in [3.05, 3.63) is 34.9 Å². The number of nitrogens with zero attached hydrogens (tertiary/aromatic N) is 1. The van der Waals surface area contributed by atoms with Crippen molar-refractivity contribution in [1.29, 1.82) is 0 Å². The van der Waals surface area contributed by atoms with Crippen molar-refractivity contribution in [3.63, 3.8) is 0 Å². The third-order valence-corrected chi connectivity index (χ3v) is 2.95. The van der Waals surface area contributed by atoms with E-state index in [1.807, 2.05) is 24.3 Å². The SMILES string of the molecule is O=C(CCCO)Nc1cccc2cc(Br)cnc12. The van der Waals surface area contributed by atoms with Gasteiger partial charge in [-0.15, -0.1) is 0 Å². The van der Waals surface area contributed by atoms with Crippen LogP contribution in [-0.4, -0.2) is 22.6 Å². The monoisotopic (exact) mass is 308 g/mol. The van der Waals surface area contributed by atoms with Crippen LogP contribution in [-0.2, 0) is 4.79 Å². The average Bonchev–Trinajstić information content (AvgIpc) is 2.36. The van der Waals surface area contributed by atoms with Crippen LogP contribution in [0.25, 0.3) is 10.9 Å². The van der Waals surface area contributed by atoms with Gasteiger partial charge in [0.1, 0.15) is 0 Å². The number of hydrogen-bond acceptors (Lipinski definition) is 3. The van der Waals surface area contributed by atoms with Crippen LogP contribution in [0.1, 0.15) is 12.8 Å². The van der Waals surface area contributed by atoms with Crippen LogP contribution in [0.2, 0.25) is 0 Å². The molecule has 1 amide bonds. The van der Waals surface area contributed by atoms with Crippen molar-refractivity contribution in [1.82, 2.24) is 4.98 Å². The zero-order valence-electron chi connectivity index (χ0n) is 9.69. The fourth-order valence-corrected chi connectivity index (χ4v) is 2.04. The molecule has 0 aliphatic heterocycles. The van der Waals surface area contributed by atoms with Gasteiger partial charge in [-0.25, -0.2) is 0 Å². The highest BCUT2D eigenvalue weighted by molar-refractivity contribution is 9.10. The summed E-state index contributed by atoms with van der Waals surface area (Å²) in [5.41, 5.74) is 1.46. The quantitative estimate of drug-likeness (QED) is 0.913. The Morgan fingerprint density at radius 3 is 3.06 bits per heavy atom. The minimum atomic E-state index is -0.110. The van der Waals surface area contributed by atoms with E-state index in [1.165, 1.54) is 0 Å². The van der Waals surface area contributed by atoms with Crippen LogP contribution in [0.4, 0.5) is 5.69 Å². The average molecular weight is 309 g/mol. The molecule has 0 saturated heterocycles. The van der Waals surface area contributed by atoms with E-state index in [0.29, 0.717) is 18.5 Å². The number of anilines is 1. The van der Waals surface area contributed by atoms with Crippen molar-refractivity contribution < 1.29 is 9.90 Å². The summed E-state index contributed by atoms with van der Waals surface area (Å²) in [6.45, 7) is 0.0220. The normalized spacial score (nSPS) is 10.6. The summed E-state index contributed by atoms with van der Waals surface area (Å²) in [4.78, 5) is 15.9. The summed E-state index contributed by atoms with van der Waals surface area (Å²) in [5, 5.41) is 12.5.